The predicted octanol–water partition coefficient (Wildman–Crippen LogP) is 3.81. The molecule has 1 aliphatic heterocycles. The maximum absolute atomic E-state index is 12.6. The zero-order chi connectivity index (χ0) is 19.2. The van der Waals surface area contributed by atoms with Gasteiger partial charge < -0.3 is 9.73 Å². The number of carbonyl (C=O) groups excluding carboxylic acids is 1. The van der Waals surface area contributed by atoms with Crippen LogP contribution in [-0.2, 0) is 11.3 Å². The molecule has 0 bridgehead atoms. The lowest BCUT2D eigenvalue weighted by atomic mass is 9.94. The minimum atomic E-state index is -0.0530. The lowest BCUT2D eigenvalue weighted by Gasteiger charge is -2.31. The summed E-state index contributed by atoms with van der Waals surface area (Å²) in [5.41, 5.74) is 2.08. The van der Waals surface area contributed by atoms with Crippen molar-refractivity contribution in [3.63, 3.8) is 0 Å². The summed E-state index contributed by atoms with van der Waals surface area (Å²) in [6.45, 7) is 9.61. The van der Waals surface area contributed by atoms with Crippen LogP contribution in [0.2, 0.25) is 0 Å². The van der Waals surface area contributed by atoms with Gasteiger partial charge >= 0.3 is 0 Å². The lowest BCUT2D eigenvalue weighted by molar-refractivity contribution is -0.122. The molecule has 0 radical (unpaired) electrons. The lowest BCUT2D eigenvalue weighted by Crippen LogP contribution is -2.39. The van der Waals surface area contributed by atoms with Crippen molar-refractivity contribution in [3.05, 3.63) is 53.2 Å². The molecule has 1 atom stereocenters. The minimum Gasteiger partial charge on any atom is -0.444 e. The van der Waals surface area contributed by atoms with Crippen molar-refractivity contribution in [1.82, 2.24) is 15.2 Å². The van der Waals surface area contributed by atoms with Gasteiger partial charge in [-0.25, -0.2) is 4.98 Å². The molecule has 0 aliphatic carbocycles. The molecular formula is C22H31N3O2. The summed E-state index contributed by atoms with van der Waals surface area (Å²) in [6, 6.07) is 10.1. The van der Waals surface area contributed by atoms with E-state index in [4.69, 9.17) is 4.42 Å². The van der Waals surface area contributed by atoms with Crippen LogP contribution in [0.25, 0.3) is 0 Å². The summed E-state index contributed by atoms with van der Waals surface area (Å²) in [6.07, 6.45) is 3.02. The second-order valence-corrected chi connectivity index (χ2v) is 7.59. The van der Waals surface area contributed by atoms with Crippen molar-refractivity contribution < 1.29 is 9.21 Å². The summed E-state index contributed by atoms with van der Waals surface area (Å²) in [4.78, 5) is 19.5. The summed E-state index contributed by atoms with van der Waals surface area (Å²) < 4.78 is 5.69. The second kappa shape index (κ2) is 9.18. The van der Waals surface area contributed by atoms with E-state index >= 15 is 0 Å². The molecule has 1 amide bonds. The summed E-state index contributed by atoms with van der Waals surface area (Å²) in [5.74, 6) is 2.36. The van der Waals surface area contributed by atoms with E-state index in [0.717, 1.165) is 68.3 Å². The third-order valence-corrected chi connectivity index (χ3v) is 5.63. The highest BCUT2D eigenvalue weighted by molar-refractivity contribution is 5.83. The number of likely N-dealkylation sites (tertiary alicyclic amines) is 1. The molecule has 146 valence electrons. The zero-order valence-electron chi connectivity index (χ0n) is 16.7. The van der Waals surface area contributed by atoms with E-state index in [1.54, 1.807) is 0 Å². The number of piperidine rings is 1. The SMILES string of the molecule is CCC(C(=O)NCC1CCN(Cc2nc(C)c(C)o2)CC1)c1ccccc1. The number of oxazole rings is 1. The Labute approximate surface area is 162 Å². The van der Waals surface area contributed by atoms with Crippen molar-refractivity contribution in [3.8, 4) is 0 Å². The number of amides is 1. The van der Waals surface area contributed by atoms with E-state index in [1.807, 2.05) is 44.2 Å². The molecule has 0 spiro atoms. The van der Waals surface area contributed by atoms with Crippen molar-refractivity contribution in [2.75, 3.05) is 19.6 Å². The highest BCUT2D eigenvalue weighted by Gasteiger charge is 2.23. The van der Waals surface area contributed by atoms with Gasteiger partial charge in [-0.2, -0.15) is 0 Å². The number of benzene rings is 1. The van der Waals surface area contributed by atoms with E-state index in [2.05, 4.69) is 22.1 Å². The van der Waals surface area contributed by atoms with E-state index in [-0.39, 0.29) is 11.8 Å². The van der Waals surface area contributed by atoms with E-state index in [0.29, 0.717) is 5.92 Å². The first-order valence-corrected chi connectivity index (χ1v) is 10.0. The standard InChI is InChI=1S/C22H31N3O2/c1-4-20(19-8-6-5-7-9-19)22(26)23-14-18-10-12-25(13-11-18)15-21-24-16(2)17(3)27-21/h5-9,18,20H,4,10-15H2,1-3H3,(H,23,26). The fraction of sp³-hybridized carbons (Fsp3) is 0.545. The molecule has 1 unspecified atom stereocenters. The first kappa shape index (κ1) is 19.6. The van der Waals surface area contributed by atoms with Crippen LogP contribution in [0.5, 0.6) is 0 Å². The van der Waals surface area contributed by atoms with Crippen LogP contribution in [-0.4, -0.2) is 35.4 Å². The normalized spacial score (nSPS) is 17.0. The molecule has 1 aromatic carbocycles. The van der Waals surface area contributed by atoms with Crippen LogP contribution in [0, 0.1) is 19.8 Å². The average molecular weight is 370 g/mol. The van der Waals surface area contributed by atoms with Crippen molar-refractivity contribution in [2.45, 2.75) is 52.5 Å². The molecule has 1 aromatic heterocycles. The quantitative estimate of drug-likeness (QED) is 0.806. The van der Waals surface area contributed by atoms with Gasteiger partial charge in [-0.05, 0) is 57.7 Å². The van der Waals surface area contributed by atoms with Crippen molar-refractivity contribution in [1.29, 1.82) is 0 Å². The van der Waals surface area contributed by atoms with Crippen LogP contribution < -0.4 is 5.32 Å². The van der Waals surface area contributed by atoms with Gasteiger partial charge in [-0.1, -0.05) is 37.3 Å². The third kappa shape index (κ3) is 5.19. The molecular weight excluding hydrogens is 338 g/mol. The van der Waals surface area contributed by atoms with E-state index in [9.17, 15) is 4.79 Å². The van der Waals surface area contributed by atoms with Gasteiger partial charge in [0, 0.05) is 6.54 Å². The Kier molecular flexibility index (Phi) is 6.67. The van der Waals surface area contributed by atoms with E-state index < -0.39 is 0 Å². The number of hydrogen-bond acceptors (Lipinski definition) is 4. The molecule has 1 fully saturated rings. The Morgan fingerprint density at radius 3 is 2.56 bits per heavy atom. The van der Waals surface area contributed by atoms with E-state index in [1.165, 1.54) is 0 Å². The fourth-order valence-electron chi connectivity index (χ4n) is 3.77. The maximum Gasteiger partial charge on any atom is 0.227 e. The highest BCUT2D eigenvalue weighted by atomic mass is 16.4. The van der Waals surface area contributed by atoms with Crippen molar-refractivity contribution in [2.24, 2.45) is 5.92 Å². The number of nitrogens with one attached hydrogen (secondary N) is 1. The van der Waals surface area contributed by atoms with Gasteiger partial charge in [0.15, 0.2) is 0 Å². The largest absolute Gasteiger partial charge is 0.444 e. The Morgan fingerprint density at radius 2 is 1.96 bits per heavy atom. The van der Waals surface area contributed by atoms with Gasteiger partial charge in [0.2, 0.25) is 11.8 Å². The number of hydrogen-bond donors (Lipinski definition) is 1. The molecule has 2 heterocycles. The Bertz CT molecular complexity index is 714. The molecule has 3 rings (SSSR count). The highest BCUT2D eigenvalue weighted by Crippen LogP contribution is 2.22. The summed E-state index contributed by atoms with van der Waals surface area (Å²) in [7, 11) is 0. The Morgan fingerprint density at radius 1 is 1.26 bits per heavy atom. The molecule has 1 N–H and O–H groups in total. The topological polar surface area (TPSA) is 58.4 Å². The molecule has 1 saturated heterocycles. The molecule has 5 heteroatoms. The van der Waals surface area contributed by atoms with Gasteiger partial charge in [-0.3, -0.25) is 9.69 Å². The fourth-order valence-corrected chi connectivity index (χ4v) is 3.77. The van der Waals surface area contributed by atoms with Crippen LogP contribution in [0.4, 0.5) is 0 Å². The van der Waals surface area contributed by atoms with Gasteiger partial charge in [-0.15, -0.1) is 0 Å². The van der Waals surface area contributed by atoms with Crippen molar-refractivity contribution >= 4 is 5.91 Å². The minimum absolute atomic E-state index is 0.0530. The number of aromatic nitrogens is 1. The molecule has 1 aliphatic rings. The van der Waals surface area contributed by atoms with Crippen LogP contribution >= 0.6 is 0 Å². The van der Waals surface area contributed by atoms with Crippen LogP contribution in [0.1, 0.15) is 55.0 Å². The number of nitrogens with zero attached hydrogens (tertiary/aromatic N) is 2. The number of aryl methyl sites for hydroxylation is 2. The third-order valence-electron chi connectivity index (χ3n) is 5.63. The molecule has 0 saturated carbocycles. The second-order valence-electron chi connectivity index (χ2n) is 7.59. The van der Waals surface area contributed by atoms with Gasteiger partial charge in [0.25, 0.3) is 0 Å². The Balaban J connectivity index is 1.43. The number of carbonyl (C=O) groups is 1. The molecule has 2 aromatic rings. The number of rotatable bonds is 7. The van der Waals surface area contributed by atoms with Gasteiger partial charge in [0.1, 0.15) is 5.76 Å². The predicted molar refractivity (Wildman–Crippen MR) is 106 cm³/mol. The first-order valence-electron chi connectivity index (χ1n) is 10.0. The molecule has 5 nitrogen and oxygen atoms in total. The summed E-state index contributed by atoms with van der Waals surface area (Å²) in [5, 5.41) is 3.19. The van der Waals surface area contributed by atoms with Crippen LogP contribution in [0.15, 0.2) is 34.7 Å². The molecule has 27 heavy (non-hydrogen) atoms. The Hall–Kier alpha value is -2.14. The average Bonchev–Trinajstić information content (AvgIpc) is 3.00. The first-order chi connectivity index (χ1) is 13.1. The van der Waals surface area contributed by atoms with Crippen LogP contribution in [0.3, 0.4) is 0 Å². The smallest absolute Gasteiger partial charge is 0.227 e. The monoisotopic (exact) mass is 369 g/mol. The van der Waals surface area contributed by atoms with Gasteiger partial charge in [0.05, 0.1) is 18.2 Å². The maximum atomic E-state index is 12.6. The summed E-state index contributed by atoms with van der Waals surface area (Å²) >= 11 is 0. The zero-order valence-corrected chi connectivity index (χ0v) is 16.7.